The average molecular weight is 275 g/mol. The maximum Gasteiger partial charge on any atom is 0.223 e. The Morgan fingerprint density at radius 3 is 2.65 bits per heavy atom. The fraction of sp³-hybridized carbons (Fsp3) is 0.500. The van der Waals surface area contributed by atoms with Crippen LogP contribution in [-0.2, 0) is 16.0 Å². The van der Waals surface area contributed by atoms with E-state index in [1.54, 1.807) is 12.0 Å². The Labute approximate surface area is 119 Å². The predicted octanol–water partition coefficient (Wildman–Crippen LogP) is 2.21. The molecule has 0 unspecified atom stereocenters. The number of para-hydroxylation sites is 1. The summed E-state index contributed by atoms with van der Waals surface area (Å²) in [7, 11) is 1.63. The summed E-state index contributed by atoms with van der Waals surface area (Å²) >= 11 is 0. The summed E-state index contributed by atoms with van der Waals surface area (Å²) in [6, 6.07) is 7.70. The molecule has 0 aliphatic carbocycles. The Hall–Kier alpha value is -1.84. The van der Waals surface area contributed by atoms with Crippen LogP contribution in [0.3, 0.4) is 0 Å². The number of ketones is 1. The second-order valence-electron chi connectivity index (χ2n) is 5.59. The van der Waals surface area contributed by atoms with Gasteiger partial charge in [0.15, 0.2) is 5.78 Å². The summed E-state index contributed by atoms with van der Waals surface area (Å²) in [5.41, 5.74) is 0.365. The smallest absolute Gasteiger partial charge is 0.223 e. The van der Waals surface area contributed by atoms with Gasteiger partial charge in [-0.1, -0.05) is 18.2 Å². The number of benzene rings is 1. The summed E-state index contributed by atoms with van der Waals surface area (Å²) in [4.78, 5) is 25.8. The van der Waals surface area contributed by atoms with Crippen LogP contribution in [0.5, 0.6) is 5.75 Å². The summed E-state index contributed by atoms with van der Waals surface area (Å²) in [6.45, 7) is 4.18. The first-order valence-electron chi connectivity index (χ1n) is 6.92. The van der Waals surface area contributed by atoms with E-state index in [4.69, 9.17) is 4.74 Å². The van der Waals surface area contributed by atoms with E-state index in [2.05, 4.69) is 0 Å². The van der Waals surface area contributed by atoms with Gasteiger partial charge in [-0.25, -0.2) is 0 Å². The number of carbonyl (C=O) groups is 2. The van der Waals surface area contributed by atoms with Crippen LogP contribution in [0.25, 0.3) is 0 Å². The number of likely N-dealkylation sites (tertiary alicyclic amines) is 1. The highest BCUT2D eigenvalue weighted by Gasteiger charge is 2.42. The second-order valence-corrected chi connectivity index (χ2v) is 5.59. The molecule has 1 aliphatic rings. The van der Waals surface area contributed by atoms with Crippen LogP contribution in [0, 0.1) is 0 Å². The number of ether oxygens (including phenoxy) is 1. The molecule has 0 saturated carbocycles. The summed E-state index contributed by atoms with van der Waals surface area (Å²) in [5.74, 6) is 0.979. The quantitative estimate of drug-likeness (QED) is 0.846. The number of rotatable bonds is 4. The van der Waals surface area contributed by atoms with Gasteiger partial charge in [0.1, 0.15) is 5.75 Å². The van der Waals surface area contributed by atoms with Gasteiger partial charge in [0.25, 0.3) is 0 Å². The van der Waals surface area contributed by atoms with E-state index >= 15 is 0 Å². The number of methoxy groups -OCH3 is 1. The normalized spacial score (nSPS) is 17.4. The maximum atomic E-state index is 12.3. The molecule has 108 valence electrons. The van der Waals surface area contributed by atoms with Gasteiger partial charge < -0.3 is 9.64 Å². The predicted molar refractivity (Wildman–Crippen MR) is 76.7 cm³/mol. The molecule has 0 atom stereocenters. The average Bonchev–Trinajstić information content (AvgIpc) is 2.71. The highest BCUT2D eigenvalue weighted by atomic mass is 16.5. The molecule has 1 heterocycles. The Balaban J connectivity index is 2.01. The molecule has 0 N–H and O–H groups in total. The third-order valence-corrected chi connectivity index (χ3v) is 4.02. The van der Waals surface area contributed by atoms with Gasteiger partial charge in [-0.2, -0.15) is 0 Å². The Morgan fingerprint density at radius 1 is 1.35 bits per heavy atom. The highest BCUT2D eigenvalue weighted by molar-refractivity contribution is 5.95. The van der Waals surface area contributed by atoms with E-state index in [-0.39, 0.29) is 11.7 Å². The molecule has 1 amide bonds. The molecule has 2 rings (SSSR count). The van der Waals surface area contributed by atoms with E-state index < -0.39 is 5.54 Å². The Kier molecular flexibility index (Phi) is 4.12. The zero-order valence-corrected chi connectivity index (χ0v) is 12.3. The van der Waals surface area contributed by atoms with Gasteiger partial charge >= 0.3 is 0 Å². The first kappa shape index (κ1) is 14.6. The number of hydrogen-bond acceptors (Lipinski definition) is 3. The lowest BCUT2D eigenvalue weighted by atomic mass is 10.00. The SMILES string of the molecule is COc1ccccc1CCC(=O)N1CCC(=O)C1(C)C. The van der Waals surface area contributed by atoms with E-state index in [1.165, 1.54) is 0 Å². The van der Waals surface area contributed by atoms with Crippen molar-refractivity contribution in [2.24, 2.45) is 0 Å². The van der Waals surface area contributed by atoms with Crippen molar-refractivity contribution in [3.8, 4) is 5.75 Å². The van der Waals surface area contributed by atoms with Crippen molar-refractivity contribution in [2.45, 2.75) is 38.6 Å². The van der Waals surface area contributed by atoms with Gasteiger partial charge in [-0.3, -0.25) is 9.59 Å². The Bertz CT molecular complexity index is 522. The van der Waals surface area contributed by atoms with E-state index in [1.807, 2.05) is 38.1 Å². The lowest BCUT2D eigenvalue weighted by molar-refractivity contribution is -0.138. The summed E-state index contributed by atoms with van der Waals surface area (Å²) < 4.78 is 5.28. The molecular formula is C16H21NO3. The molecular weight excluding hydrogens is 254 g/mol. The van der Waals surface area contributed by atoms with Crippen molar-refractivity contribution >= 4 is 11.7 Å². The monoisotopic (exact) mass is 275 g/mol. The molecule has 1 fully saturated rings. The van der Waals surface area contributed by atoms with Gasteiger partial charge in [-0.15, -0.1) is 0 Å². The Morgan fingerprint density at radius 2 is 2.05 bits per heavy atom. The number of amides is 1. The topological polar surface area (TPSA) is 46.6 Å². The van der Waals surface area contributed by atoms with Gasteiger partial charge in [0, 0.05) is 19.4 Å². The molecule has 1 aromatic rings. The minimum absolute atomic E-state index is 0.0340. The summed E-state index contributed by atoms with van der Waals surface area (Å²) in [5, 5.41) is 0. The van der Waals surface area contributed by atoms with Crippen LogP contribution < -0.4 is 4.74 Å². The van der Waals surface area contributed by atoms with Gasteiger partial charge in [-0.05, 0) is 31.9 Å². The van der Waals surface area contributed by atoms with Crippen molar-refractivity contribution in [1.29, 1.82) is 0 Å². The lowest BCUT2D eigenvalue weighted by Gasteiger charge is -2.30. The molecule has 0 spiro atoms. The number of carbonyl (C=O) groups excluding carboxylic acids is 2. The zero-order chi connectivity index (χ0) is 14.8. The van der Waals surface area contributed by atoms with Crippen molar-refractivity contribution < 1.29 is 14.3 Å². The molecule has 1 saturated heterocycles. The highest BCUT2D eigenvalue weighted by Crippen LogP contribution is 2.26. The molecule has 4 nitrogen and oxygen atoms in total. The van der Waals surface area contributed by atoms with Crippen molar-refractivity contribution in [3.05, 3.63) is 29.8 Å². The number of hydrogen-bond donors (Lipinski definition) is 0. The minimum atomic E-state index is -0.655. The molecule has 4 heteroatoms. The maximum absolute atomic E-state index is 12.3. The van der Waals surface area contributed by atoms with Crippen molar-refractivity contribution in [3.63, 3.8) is 0 Å². The third kappa shape index (κ3) is 2.69. The molecule has 1 aromatic carbocycles. The number of aryl methyl sites for hydroxylation is 1. The standard InChI is InChI=1S/C16H21NO3/c1-16(2)14(18)10-11-17(16)15(19)9-8-12-6-4-5-7-13(12)20-3/h4-7H,8-11H2,1-3H3. The zero-order valence-electron chi connectivity index (χ0n) is 12.3. The number of Topliss-reactive ketones (excluding diaryl/α,β-unsaturated/α-hetero) is 1. The second kappa shape index (κ2) is 5.65. The van der Waals surface area contributed by atoms with E-state index in [9.17, 15) is 9.59 Å². The first-order chi connectivity index (χ1) is 9.46. The van der Waals surface area contributed by atoms with Crippen molar-refractivity contribution in [1.82, 2.24) is 4.90 Å². The molecule has 20 heavy (non-hydrogen) atoms. The molecule has 0 radical (unpaired) electrons. The minimum Gasteiger partial charge on any atom is -0.496 e. The van der Waals surface area contributed by atoms with Crippen LogP contribution >= 0.6 is 0 Å². The van der Waals surface area contributed by atoms with Crippen LogP contribution in [0.1, 0.15) is 32.3 Å². The van der Waals surface area contributed by atoms with Crippen LogP contribution in [0.2, 0.25) is 0 Å². The third-order valence-electron chi connectivity index (χ3n) is 4.02. The van der Waals surface area contributed by atoms with Gasteiger partial charge in [0.05, 0.1) is 12.6 Å². The first-order valence-corrected chi connectivity index (χ1v) is 6.92. The van der Waals surface area contributed by atoms with Crippen molar-refractivity contribution in [2.75, 3.05) is 13.7 Å². The van der Waals surface area contributed by atoms with E-state index in [0.717, 1.165) is 11.3 Å². The molecule has 0 bridgehead atoms. The number of nitrogens with zero attached hydrogens (tertiary/aromatic N) is 1. The van der Waals surface area contributed by atoms with E-state index in [0.29, 0.717) is 25.8 Å². The molecule has 0 aromatic heterocycles. The largest absolute Gasteiger partial charge is 0.496 e. The fourth-order valence-electron chi connectivity index (χ4n) is 2.67. The van der Waals surface area contributed by atoms with Crippen LogP contribution in [-0.4, -0.2) is 35.8 Å². The van der Waals surface area contributed by atoms with Gasteiger partial charge in [0.2, 0.25) is 5.91 Å². The van der Waals surface area contributed by atoms with Crippen LogP contribution in [0.4, 0.5) is 0 Å². The lowest BCUT2D eigenvalue weighted by Crippen LogP contribution is -2.46. The molecule has 1 aliphatic heterocycles. The summed E-state index contributed by atoms with van der Waals surface area (Å²) in [6.07, 6.45) is 1.49. The fourth-order valence-corrected chi connectivity index (χ4v) is 2.67. The van der Waals surface area contributed by atoms with Crippen LogP contribution in [0.15, 0.2) is 24.3 Å².